The number of pyridine rings is 1. The van der Waals surface area contributed by atoms with Gasteiger partial charge in [0.05, 0.1) is 11.4 Å². The molecule has 3 N–H and O–H groups in total. The topological polar surface area (TPSA) is 50.9 Å². The van der Waals surface area contributed by atoms with Gasteiger partial charge >= 0.3 is 0 Å². The summed E-state index contributed by atoms with van der Waals surface area (Å²) in [5.74, 6) is 0.681. The predicted molar refractivity (Wildman–Crippen MR) is 75.5 cm³/mol. The van der Waals surface area contributed by atoms with Crippen LogP contribution in [0.5, 0.6) is 0 Å². The van der Waals surface area contributed by atoms with E-state index in [2.05, 4.69) is 26.2 Å². The molecule has 3 nitrogen and oxygen atoms in total. The van der Waals surface area contributed by atoms with Crippen LogP contribution in [-0.4, -0.2) is 4.98 Å². The predicted octanol–water partition coefficient (Wildman–Crippen LogP) is 3.79. The highest BCUT2D eigenvalue weighted by Gasteiger charge is 2.04. The van der Waals surface area contributed by atoms with Crippen molar-refractivity contribution in [2.75, 3.05) is 11.1 Å². The van der Waals surface area contributed by atoms with Crippen molar-refractivity contribution in [1.82, 2.24) is 4.98 Å². The molecule has 2 rings (SSSR count). The highest BCUT2D eigenvalue weighted by molar-refractivity contribution is 9.10. The molecule has 1 aromatic carbocycles. The van der Waals surface area contributed by atoms with Crippen LogP contribution in [0.4, 0.5) is 17.2 Å². The maximum atomic E-state index is 5.91. The van der Waals surface area contributed by atoms with Crippen LogP contribution >= 0.6 is 15.9 Å². The second-order valence-electron chi connectivity index (χ2n) is 4.06. The zero-order valence-electron chi connectivity index (χ0n) is 9.79. The lowest BCUT2D eigenvalue weighted by Crippen LogP contribution is -2.00. The van der Waals surface area contributed by atoms with Gasteiger partial charge in [-0.3, -0.25) is 0 Å². The van der Waals surface area contributed by atoms with Crippen molar-refractivity contribution >= 4 is 33.1 Å². The summed E-state index contributed by atoms with van der Waals surface area (Å²) in [6.45, 7) is 4.02. The Labute approximate surface area is 109 Å². The van der Waals surface area contributed by atoms with E-state index in [1.165, 1.54) is 5.56 Å². The molecule has 0 aliphatic rings. The lowest BCUT2D eigenvalue weighted by Gasteiger charge is -2.10. The Morgan fingerprint density at radius 2 is 1.94 bits per heavy atom. The zero-order valence-corrected chi connectivity index (χ0v) is 11.4. The Hall–Kier alpha value is -1.55. The second-order valence-corrected chi connectivity index (χ2v) is 4.91. The van der Waals surface area contributed by atoms with Crippen molar-refractivity contribution < 1.29 is 0 Å². The monoisotopic (exact) mass is 291 g/mol. The number of anilines is 3. The average Bonchev–Trinajstić information content (AvgIpc) is 2.25. The van der Waals surface area contributed by atoms with E-state index in [-0.39, 0.29) is 0 Å². The van der Waals surface area contributed by atoms with E-state index < -0.39 is 0 Å². The first-order chi connectivity index (χ1) is 8.06. The molecule has 0 aliphatic heterocycles. The molecule has 0 unspecified atom stereocenters. The number of hydrogen-bond donors (Lipinski definition) is 2. The van der Waals surface area contributed by atoms with E-state index in [1.54, 1.807) is 6.20 Å². The van der Waals surface area contributed by atoms with Gasteiger partial charge in [-0.05, 0) is 59.1 Å². The summed E-state index contributed by atoms with van der Waals surface area (Å²) in [6, 6.07) is 7.99. The van der Waals surface area contributed by atoms with Gasteiger partial charge in [-0.1, -0.05) is 6.07 Å². The van der Waals surface area contributed by atoms with Crippen molar-refractivity contribution in [2.24, 2.45) is 0 Å². The number of nitrogens with one attached hydrogen (secondary N) is 1. The molecular formula is C13H14BrN3. The van der Waals surface area contributed by atoms with Crippen molar-refractivity contribution in [2.45, 2.75) is 13.8 Å². The summed E-state index contributed by atoms with van der Waals surface area (Å²) in [5, 5.41) is 3.21. The molecule has 0 atom stereocenters. The van der Waals surface area contributed by atoms with Crippen LogP contribution in [-0.2, 0) is 0 Å². The first-order valence-electron chi connectivity index (χ1n) is 5.31. The van der Waals surface area contributed by atoms with Crippen molar-refractivity contribution in [1.29, 1.82) is 0 Å². The van der Waals surface area contributed by atoms with Gasteiger partial charge in [-0.15, -0.1) is 0 Å². The van der Waals surface area contributed by atoms with Gasteiger partial charge in [-0.25, -0.2) is 4.98 Å². The van der Waals surface area contributed by atoms with E-state index in [1.807, 2.05) is 38.1 Å². The van der Waals surface area contributed by atoms with Gasteiger partial charge in [0.25, 0.3) is 0 Å². The lowest BCUT2D eigenvalue weighted by atomic mass is 10.2. The summed E-state index contributed by atoms with van der Waals surface area (Å²) < 4.78 is 0.999. The van der Waals surface area contributed by atoms with Crippen LogP contribution < -0.4 is 11.1 Å². The SMILES string of the molecule is Cc1cnc(Nc2ccc(C)cc2Br)c(N)c1. The fraction of sp³-hybridized carbons (Fsp3) is 0.154. The number of benzene rings is 1. The number of aryl methyl sites for hydroxylation is 2. The summed E-state index contributed by atoms with van der Waals surface area (Å²) in [5.41, 5.74) is 9.77. The minimum absolute atomic E-state index is 0.650. The molecule has 88 valence electrons. The number of halogens is 1. The van der Waals surface area contributed by atoms with Crippen LogP contribution in [0.1, 0.15) is 11.1 Å². The summed E-state index contributed by atoms with van der Waals surface area (Å²) in [6.07, 6.45) is 1.79. The largest absolute Gasteiger partial charge is 0.396 e. The van der Waals surface area contributed by atoms with E-state index in [0.717, 1.165) is 15.7 Å². The smallest absolute Gasteiger partial charge is 0.153 e. The molecule has 0 amide bonds. The minimum Gasteiger partial charge on any atom is -0.396 e. The molecule has 2 aromatic rings. The van der Waals surface area contributed by atoms with Gasteiger partial charge in [0.2, 0.25) is 0 Å². The number of aromatic nitrogens is 1. The first-order valence-corrected chi connectivity index (χ1v) is 6.11. The highest BCUT2D eigenvalue weighted by Crippen LogP contribution is 2.28. The van der Waals surface area contributed by atoms with Crippen molar-refractivity contribution in [3.05, 3.63) is 46.1 Å². The summed E-state index contributed by atoms with van der Waals surface area (Å²) in [7, 11) is 0. The average molecular weight is 292 g/mol. The molecule has 4 heteroatoms. The van der Waals surface area contributed by atoms with E-state index in [9.17, 15) is 0 Å². The van der Waals surface area contributed by atoms with Crippen LogP contribution in [0.2, 0.25) is 0 Å². The fourth-order valence-electron chi connectivity index (χ4n) is 1.55. The number of nitrogen functional groups attached to an aromatic ring is 1. The number of hydrogen-bond acceptors (Lipinski definition) is 3. The maximum absolute atomic E-state index is 5.91. The van der Waals surface area contributed by atoms with Crippen LogP contribution in [0, 0.1) is 13.8 Å². The van der Waals surface area contributed by atoms with Gasteiger partial charge in [0, 0.05) is 10.7 Å². The Morgan fingerprint density at radius 1 is 1.18 bits per heavy atom. The molecule has 0 aliphatic carbocycles. The third-order valence-corrected chi connectivity index (χ3v) is 3.09. The third kappa shape index (κ3) is 2.77. The number of rotatable bonds is 2. The number of nitrogens with zero attached hydrogens (tertiary/aromatic N) is 1. The molecule has 0 bridgehead atoms. The molecular weight excluding hydrogens is 278 g/mol. The van der Waals surface area contributed by atoms with Crippen LogP contribution in [0.15, 0.2) is 34.9 Å². The summed E-state index contributed by atoms with van der Waals surface area (Å²) in [4.78, 5) is 4.28. The van der Waals surface area contributed by atoms with Gasteiger partial charge < -0.3 is 11.1 Å². The molecule has 1 heterocycles. The van der Waals surface area contributed by atoms with Gasteiger partial charge in [0.15, 0.2) is 5.82 Å². The second kappa shape index (κ2) is 4.75. The molecule has 0 spiro atoms. The van der Waals surface area contributed by atoms with Crippen LogP contribution in [0.25, 0.3) is 0 Å². The quantitative estimate of drug-likeness (QED) is 0.885. The van der Waals surface area contributed by atoms with Gasteiger partial charge in [-0.2, -0.15) is 0 Å². The highest BCUT2D eigenvalue weighted by atomic mass is 79.9. The van der Waals surface area contributed by atoms with Gasteiger partial charge in [0.1, 0.15) is 0 Å². The normalized spacial score (nSPS) is 10.3. The number of nitrogens with two attached hydrogens (primary N) is 1. The van der Waals surface area contributed by atoms with Crippen molar-refractivity contribution in [3.8, 4) is 0 Å². The Morgan fingerprint density at radius 3 is 2.59 bits per heavy atom. The first kappa shape index (κ1) is 11.9. The lowest BCUT2D eigenvalue weighted by molar-refractivity contribution is 1.26. The fourth-order valence-corrected chi connectivity index (χ4v) is 2.14. The molecule has 1 aromatic heterocycles. The molecule has 0 fully saturated rings. The Balaban J connectivity index is 2.31. The molecule has 0 saturated heterocycles. The molecule has 17 heavy (non-hydrogen) atoms. The van der Waals surface area contributed by atoms with Crippen LogP contribution in [0.3, 0.4) is 0 Å². The zero-order chi connectivity index (χ0) is 12.4. The van der Waals surface area contributed by atoms with Crippen molar-refractivity contribution in [3.63, 3.8) is 0 Å². The van der Waals surface area contributed by atoms with E-state index in [4.69, 9.17) is 5.73 Å². The third-order valence-electron chi connectivity index (χ3n) is 2.43. The summed E-state index contributed by atoms with van der Waals surface area (Å²) >= 11 is 3.51. The van der Waals surface area contributed by atoms with E-state index in [0.29, 0.717) is 11.5 Å². The Bertz CT molecular complexity index is 503. The molecule has 0 radical (unpaired) electrons. The molecule has 0 saturated carbocycles. The Kier molecular flexibility index (Phi) is 3.33. The standard InChI is InChI=1S/C13H14BrN3/c1-8-3-4-12(10(14)5-8)17-13-11(15)6-9(2)7-16-13/h3-7H,15H2,1-2H3,(H,16,17). The minimum atomic E-state index is 0.650. The maximum Gasteiger partial charge on any atom is 0.153 e. The van der Waals surface area contributed by atoms with E-state index >= 15 is 0 Å².